The second-order valence-electron chi connectivity index (χ2n) is 6.59. The summed E-state index contributed by atoms with van der Waals surface area (Å²) in [6.45, 7) is 6.45. The molecular formula is C17H25NO4. The number of nitrogens with one attached hydrogen (secondary N) is 1. The molecule has 5 nitrogen and oxygen atoms in total. The molecule has 1 aromatic carbocycles. The van der Waals surface area contributed by atoms with E-state index >= 15 is 0 Å². The topological polar surface area (TPSA) is 67.8 Å². The van der Waals surface area contributed by atoms with Crippen LogP contribution in [-0.2, 0) is 4.74 Å². The van der Waals surface area contributed by atoms with E-state index in [1.165, 1.54) is 0 Å². The molecule has 0 aromatic heterocycles. The van der Waals surface area contributed by atoms with Crippen molar-refractivity contribution in [2.75, 3.05) is 19.8 Å². The van der Waals surface area contributed by atoms with Crippen LogP contribution in [0.15, 0.2) is 24.3 Å². The second-order valence-corrected chi connectivity index (χ2v) is 6.59. The zero-order chi connectivity index (χ0) is 16.2. The fourth-order valence-corrected chi connectivity index (χ4v) is 2.46. The maximum Gasteiger partial charge on any atom is 0.407 e. The van der Waals surface area contributed by atoms with Crippen LogP contribution in [0.2, 0.25) is 0 Å². The third-order valence-electron chi connectivity index (χ3n) is 3.50. The Hall–Kier alpha value is -1.75. The Morgan fingerprint density at radius 3 is 2.77 bits per heavy atom. The van der Waals surface area contributed by atoms with Crippen molar-refractivity contribution >= 4 is 6.09 Å². The van der Waals surface area contributed by atoms with Gasteiger partial charge in [-0.25, -0.2) is 4.79 Å². The molecule has 0 spiro atoms. The van der Waals surface area contributed by atoms with Crippen LogP contribution >= 0.6 is 0 Å². The molecule has 0 saturated heterocycles. The fourth-order valence-electron chi connectivity index (χ4n) is 2.46. The van der Waals surface area contributed by atoms with Crippen LogP contribution in [0, 0.1) is 5.92 Å². The Balaban J connectivity index is 1.84. The van der Waals surface area contributed by atoms with Crippen LogP contribution < -0.4 is 10.1 Å². The quantitative estimate of drug-likeness (QED) is 0.848. The van der Waals surface area contributed by atoms with Crippen LogP contribution in [0.25, 0.3) is 0 Å². The number of para-hydroxylation sites is 1. The maximum absolute atomic E-state index is 11.7. The molecule has 2 atom stereocenters. The van der Waals surface area contributed by atoms with Crippen molar-refractivity contribution < 1.29 is 19.4 Å². The fraction of sp³-hybridized carbons (Fsp3) is 0.588. The number of benzene rings is 1. The number of rotatable bonds is 6. The summed E-state index contributed by atoms with van der Waals surface area (Å²) in [6.07, 6.45) is 0.651. The molecule has 1 saturated carbocycles. The molecule has 0 radical (unpaired) electrons. The zero-order valence-electron chi connectivity index (χ0n) is 13.5. The van der Waals surface area contributed by atoms with Gasteiger partial charge in [-0.2, -0.15) is 0 Å². The number of carbonyl (C=O) groups is 1. The minimum atomic E-state index is -0.474. The highest BCUT2D eigenvalue weighted by molar-refractivity contribution is 5.67. The van der Waals surface area contributed by atoms with Gasteiger partial charge in [0.1, 0.15) is 18.0 Å². The predicted molar refractivity (Wildman–Crippen MR) is 84.1 cm³/mol. The first-order valence-corrected chi connectivity index (χ1v) is 7.70. The van der Waals surface area contributed by atoms with Crippen LogP contribution in [0.4, 0.5) is 4.79 Å². The van der Waals surface area contributed by atoms with Gasteiger partial charge in [0, 0.05) is 6.54 Å². The van der Waals surface area contributed by atoms with E-state index in [2.05, 4.69) is 5.32 Å². The van der Waals surface area contributed by atoms with Crippen LogP contribution in [0.3, 0.4) is 0 Å². The number of hydrogen-bond donors (Lipinski definition) is 2. The molecule has 1 amide bonds. The van der Waals surface area contributed by atoms with Crippen molar-refractivity contribution in [1.82, 2.24) is 5.32 Å². The van der Waals surface area contributed by atoms with Crippen LogP contribution in [-0.4, -0.2) is 36.6 Å². The lowest BCUT2D eigenvalue weighted by Gasteiger charge is -2.19. The molecule has 0 heterocycles. The standard InChI is InChI=1S/C17H25NO4/c1-17(2,3)22-16(20)18-11-12-10-14(12)13-6-4-5-7-15(13)21-9-8-19/h4-7,12,14,19H,8-11H2,1-3H3,(H,18,20)/t12-,14+/m1/s1. The summed E-state index contributed by atoms with van der Waals surface area (Å²) in [4.78, 5) is 11.7. The van der Waals surface area contributed by atoms with E-state index < -0.39 is 5.60 Å². The van der Waals surface area contributed by atoms with E-state index in [0.717, 1.165) is 17.7 Å². The van der Waals surface area contributed by atoms with Gasteiger partial charge in [-0.1, -0.05) is 18.2 Å². The zero-order valence-corrected chi connectivity index (χ0v) is 13.5. The highest BCUT2D eigenvalue weighted by Crippen LogP contribution is 2.49. The minimum Gasteiger partial charge on any atom is -0.491 e. The lowest BCUT2D eigenvalue weighted by molar-refractivity contribution is 0.0525. The molecule has 1 aliphatic rings. The van der Waals surface area contributed by atoms with E-state index in [-0.39, 0.29) is 12.7 Å². The van der Waals surface area contributed by atoms with Gasteiger partial charge in [0.05, 0.1) is 6.61 Å². The average Bonchev–Trinajstić information content (AvgIpc) is 3.21. The van der Waals surface area contributed by atoms with Gasteiger partial charge >= 0.3 is 6.09 Å². The molecular weight excluding hydrogens is 282 g/mol. The van der Waals surface area contributed by atoms with Crippen molar-refractivity contribution in [3.8, 4) is 5.75 Å². The number of carbonyl (C=O) groups excluding carboxylic acids is 1. The number of hydrogen-bond acceptors (Lipinski definition) is 4. The SMILES string of the molecule is CC(C)(C)OC(=O)NC[C@H]1C[C@@H]1c1ccccc1OCCO. The van der Waals surface area contributed by atoms with Gasteiger partial charge in [0.15, 0.2) is 0 Å². The molecule has 1 aromatic rings. The van der Waals surface area contributed by atoms with Crippen LogP contribution in [0.5, 0.6) is 5.75 Å². The number of alkyl carbamates (subject to hydrolysis) is 1. The molecule has 1 fully saturated rings. The number of aliphatic hydroxyl groups excluding tert-OH is 1. The molecule has 0 unspecified atom stereocenters. The van der Waals surface area contributed by atoms with E-state index in [9.17, 15) is 4.79 Å². The summed E-state index contributed by atoms with van der Waals surface area (Å²) in [5.41, 5.74) is 0.671. The van der Waals surface area contributed by atoms with E-state index in [0.29, 0.717) is 25.0 Å². The highest BCUT2D eigenvalue weighted by Gasteiger charge is 2.40. The van der Waals surface area contributed by atoms with Gasteiger partial charge < -0.3 is 19.9 Å². The predicted octanol–water partition coefficient (Wildman–Crippen LogP) is 2.69. The van der Waals surface area contributed by atoms with Crippen molar-refractivity contribution in [2.45, 2.75) is 38.7 Å². The first-order valence-electron chi connectivity index (χ1n) is 7.70. The molecule has 0 aliphatic heterocycles. The summed E-state index contributed by atoms with van der Waals surface area (Å²) in [6, 6.07) is 7.87. The first kappa shape index (κ1) is 16.6. The Morgan fingerprint density at radius 2 is 2.09 bits per heavy atom. The summed E-state index contributed by atoms with van der Waals surface area (Å²) < 4.78 is 10.8. The Bertz CT molecular complexity index is 510. The van der Waals surface area contributed by atoms with Crippen LogP contribution in [0.1, 0.15) is 38.7 Å². The summed E-state index contributed by atoms with van der Waals surface area (Å²) >= 11 is 0. The summed E-state index contributed by atoms with van der Waals surface area (Å²) in [5.74, 6) is 1.62. The molecule has 22 heavy (non-hydrogen) atoms. The van der Waals surface area contributed by atoms with Crippen molar-refractivity contribution in [2.24, 2.45) is 5.92 Å². The Morgan fingerprint density at radius 1 is 1.36 bits per heavy atom. The van der Waals surface area contributed by atoms with Gasteiger partial charge in [0.25, 0.3) is 0 Å². The average molecular weight is 307 g/mol. The van der Waals surface area contributed by atoms with E-state index in [1.807, 2.05) is 45.0 Å². The summed E-state index contributed by atoms with van der Waals surface area (Å²) in [7, 11) is 0. The normalized spacial score (nSPS) is 20.4. The van der Waals surface area contributed by atoms with Crippen molar-refractivity contribution in [3.05, 3.63) is 29.8 Å². The third kappa shape index (κ3) is 4.91. The number of amides is 1. The second kappa shape index (κ2) is 7.01. The van der Waals surface area contributed by atoms with Gasteiger partial charge in [-0.05, 0) is 50.7 Å². The minimum absolute atomic E-state index is 0.00261. The highest BCUT2D eigenvalue weighted by atomic mass is 16.6. The lowest BCUT2D eigenvalue weighted by Crippen LogP contribution is -2.33. The van der Waals surface area contributed by atoms with E-state index in [1.54, 1.807) is 0 Å². The molecule has 0 bridgehead atoms. The van der Waals surface area contributed by atoms with Crippen molar-refractivity contribution in [1.29, 1.82) is 0 Å². The summed E-state index contributed by atoms with van der Waals surface area (Å²) in [5, 5.41) is 11.7. The van der Waals surface area contributed by atoms with Gasteiger partial charge in [0.2, 0.25) is 0 Å². The monoisotopic (exact) mass is 307 g/mol. The maximum atomic E-state index is 11.7. The van der Waals surface area contributed by atoms with Gasteiger partial charge in [-0.15, -0.1) is 0 Å². The molecule has 1 aliphatic carbocycles. The van der Waals surface area contributed by atoms with E-state index in [4.69, 9.17) is 14.6 Å². The molecule has 2 N–H and O–H groups in total. The van der Waals surface area contributed by atoms with Gasteiger partial charge in [-0.3, -0.25) is 0 Å². The third-order valence-corrected chi connectivity index (χ3v) is 3.50. The largest absolute Gasteiger partial charge is 0.491 e. The number of ether oxygens (including phenoxy) is 2. The van der Waals surface area contributed by atoms with Crippen molar-refractivity contribution in [3.63, 3.8) is 0 Å². The smallest absolute Gasteiger partial charge is 0.407 e. The first-order chi connectivity index (χ1) is 10.4. The molecule has 2 rings (SSSR count). The number of aliphatic hydroxyl groups is 1. The Labute approximate surface area is 131 Å². The molecule has 122 valence electrons. The lowest BCUT2D eigenvalue weighted by atomic mass is 10.1. The Kier molecular flexibility index (Phi) is 5.29. The molecule has 5 heteroatoms.